The number of hydrogen-bond donors (Lipinski definition) is 0. The molecule has 3 fully saturated rings. The maximum absolute atomic E-state index is 12.7. The third kappa shape index (κ3) is 3.13. The molecule has 150 valence electrons. The summed E-state index contributed by atoms with van der Waals surface area (Å²) in [5.41, 5.74) is 0.709. The normalized spacial score (nSPS) is 28.9. The molecule has 2 atom stereocenters. The van der Waals surface area contributed by atoms with Crippen LogP contribution in [-0.2, 0) is 14.8 Å². The molecule has 1 aliphatic carbocycles. The lowest BCUT2D eigenvalue weighted by Crippen LogP contribution is -2.40. The molecule has 1 aromatic carbocycles. The topological polar surface area (TPSA) is 70.0 Å². The number of sulfonamides is 1. The maximum atomic E-state index is 12.7. The highest BCUT2D eigenvalue weighted by atomic mass is 32.2. The summed E-state index contributed by atoms with van der Waals surface area (Å²) < 4.78 is 28.6. The number of nitrogens with zero attached hydrogens (tertiary/aromatic N) is 3. The highest BCUT2D eigenvalue weighted by Crippen LogP contribution is 2.38. The van der Waals surface area contributed by atoms with Crippen LogP contribution in [0, 0.1) is 17.8 Å². The summed E-state index contributed by atoms with van der Waals surface area (Å²) in [5.74, 6) is 2.77. The van der Waals surface area contributed by atoms with Crippen LogP contribution in [-0.4, -0.2) is 56.1 Å². The molecule has 7 heteroatoms. The van der Waals surface area contributed by atoms with Crippen molar-refractivity contribution in [1.29, 1.82) is 0 Å². The molecule has 0 aromatic heterocycles. The van der Waals surface area contributed by atoms with Crippen molar-refractivity contribution in [2.75, 3.05) is 26.2 Å². The summed E-state index contributed by atoms with van der Waals surface area (Å²) in [6, 6.07) is 7.04. The SMILES string of the molecule is O=C(CC1CCN(C2=NS(=O)(=O)c3ccccc32)CC1)N1CC2CCCC2C1. The van der Waals surface area contributed by atoms with Gasteiger partial charge in [0.15, 0.2) is 5.84 Å². The van der Waals surface area contributed by atoms with Crippen LogP contribution < -0.4 is 0 Å². The Morgan fingerprint density at radius 1 is 1.04 bits per heavy atom. The average Bonchev–Trinajstić information content (AvgIpc) is 3.35. The third-order valence-corrected chi connectivity index (χ3v) is 8.39. The molecule has 4 aliphatic rings. The van der Waals surface area contributed by atoms with E-state index in [-0.39, 0.29) is 0 Å². The van der Waals surface area contributed by atoms with Gasteiger partial charge in [-0.25, -0.2) is 0 Å². The number of carbonyl (C=O) groups is 1. The molecule has 3 heterocycles. The lowest BCUT2D eigenvalue weighted by molar-refractivity contribution is -0.131. The third-order valence-electron chi connectivity index (χ3n) is 7.07. The average molecular weight is 402 g/mol. The van der Waals surface area contributed by atoms with E-state index in [4.69, 9.17) is 0 Å². The minimum Gasteiger partial charge on any atom is -0.355 e. The zero-order valence-electron chi connectivity index (χ0n) is 16.1. The fourth-order valence-electron chi connectivity index (χ4n) is 5.48. The second-order valence-electron chi connectivity index (χ2n) is 8.77. The summed E-state index contributed by atoms with van der Waals surface area (Å²) in [6.45, 7) is 3.44. The smallest absolute Gasteiger partial charge is 0.285 e. The van der Waals surface area contributed by atoms with Gasteiger partial charge in [0.25, 0.3) is 10.0 Å². The Hall–Kier alpha value is -1.89. The van der Waals surface area contributed by atoms with E-state index in [1.165, 1.54) is 19.3 Å². The van der Waals surface area contributed by atoms with Gasteiger partial charge in [-0.3, -0.25) is 4.79 Å². The number of benzene rings is 1. The van der Waals surface area contributed by atoms with Crippen molar-refractivity contribution < 1.29 is 13.2 Å². The van der Waals surface area contributed by atoms with Gasteiger partial charge in [0.05, 0.1) is 0 Å². The lowest BCUT2D eigenvalue weighted by Gasteiger charge is -2.33. The molecule has 3 aliphatic heterocycles. The van der Waals surface area contributed by atoms with Crippen molar-refractivity contribution in [3.8, 4) is 0 Å². The Morgan fingerprint density at radius 3 is 2.43 bits per heavy atom. The van der Waals surface area contributed by atoms with Crippen molar-refractivity contribution in [2.24, 2.45) is 22.2 Å². The van der Waals surface area contributed by atoms with Crippen LogP contribution in [0.5, 0.6) is 0 Å². The lowest BCUT2D eigenvalue weighted by atomic mass is 9.92. The maximum Gasteiger partial charge on any atom is 0.285 e. The van der Waals surface area contributed by atoms with E-state index in [1.807, 2.05) is 12.1 Å². The Bertz CT molecular complexity index is 907. The Labute approximate surface area is 166 Å². The van der Waals surface area contributed by atoms with Gasteiger partial charge in [-0.2, -0.15) is 8.42 Å². The number of piperidine rings is 1. The Morgan fingerprint density at radius 2 is 1.71 bits per heavy atom. The summed E-state index contributed by atoms with van der Waals surface area (Å²) in [5, 5.41) is 0. The predicted octanol–water partition coefficient (Wildman–Crippen LogP) is 2.50. The van der Waals surface area contributed by atoms with E-state index in [9.17, 15) is 13.2 Å². The van der Waals surface area contributed by atoms with Crippen LogP contribution in [0.4, 0.5) is 0 Å². The fourth-order valence-corrected chi connectivity index (χ4v) is 6.71. The summed E-state index contributed by atoms with van der Waals surface area (Å²) >= 11 is 0. The molecular formula is C21H27N3O3S. The van der Waals surface area contributed by atoms with Gasteiger partial charge in [-0.05, 0) is 55.6 Å². The van der Waals surface area contributed by atoms with E-state index >= 15 is 0 Å². The highest BCUT2D eigenvalue weighted by Gasteiger charge is 2.39. The monoisotopic (exact) mass is 401 g/mol. The van der Waals surface area contributed by atoms with E-state index in [0.717, 1.165) is 50.9 Å². The number of hydrogen-bond acceptors (Lipinski definition) is 4. The molecule has 0 radical (unpaired) electrons. The Kier molecular flexibility index (Phi) is 4.45. The number of amidine groups is 1. The predicted molar refractivity (Wildman–Crippen MR) is 106 cm³/mol. The van der Waals surface area contributed by atoms with Crippen LogP contribution in [0.15, 0.2) is 33.6 Å². The first-order valence-corrected chi connectivity index (χ1v) is 11.9. The van der Waals surface area contributed by atoms with Crippen LogP contribution in [0.1, 0.15) is 44.1 Å². The Balaban J connectivity index is 1.19. The fraction of sp³-hybridized carbons (Fsp3) is 0.619. The largest absolute Gasteiger partial charge is 0.355 e. The zero-order chi connectivity index (χ0) is 19.3. The minimum absolute atomic E-state index is 0.307. The van der Waals surface area contributed by atoms with Gasteiger partial charge in [0.1, 0.15) is 4.90 Å². The molecule has 6 nitrogen and oxygen atoms in total. The van der Waals surface area contributed by atoms with E-state index in [1.54, 1.807) is 12.1 Å². The van der Waals surface area contributed by atoms with Crippen molar-refractivity contribution in [2.45, 2.75) is 43.4 Å². The first-order chi connectivity index (χ1) is 13.5. The van der Waals surface area contributed by atoms with Gasteiger partial charge in [-0.1, -0.05) is 18.6 Å². The number of likely N-dealkylation sites (tertiary alicyclic amines) is 2. The second kappa shape index (κ2) is 6.87. The summed E-state index contributed by atoms with van der Waals surface area (Å²) in [4.78, 5) is 17.2. The number of rotatable bonds is 2. The standard InChI is InChI=1S/C21H27N3O3S/c25-20(24-13-16-4-3-5-17(16)14-24)12-15-8-10-23(11-9-15)21-18-6-1-2-7-19(18)28(26,27)22-21/h1-2,6-7,15-17H,3-5,8-14H2. The number of amides is 1. The van der Waals surface area contributed by atoms with Crippen LogP contribution in [0.3, 0.4) is 0 Å². The van der Waals surface area contributed by atoms with Gasteiger partial charge >= 0.3 is 0 Å². The van der Waals surface area contributed by atoms with Crippen LogP contribution in [0.2, 0.25) is 0 Å². The molecule has 1 aromatic rings. The van der Waals surface area contributed by atoms with Gasteiger partial charge in [0.2, 0.25) is 5.91 Å². The second-order valence-corrected chi connectivity index (χ2v) is 10.3. The molecule has 0 bridgehead atoms. The minimum atomic E-state index is -3.57. The molecule has 5 rings (SSSR count). The first-order valence-electron chi connectivity index (χ1n) is 10.5. The molecule has 28 heavy (non-hydrogen) atoms. The van der Waals surface area contributed by atoms with Gasteiger partial charge in [-0.15, -0.1) is 4.40 Å². The number of fused-ring (bicyclic) bond motifs is 2. The van der Waals surface area contributed by atoms with Crippen molar-refractivity contribution in [3.63, 3.8) is 0 Å². The van der Waals surface area contributed by atoms with Crippen molar-refractivity contribution >= 4 is 21.8 Å². The van der Waals surface area contributed by atoms with Gasteiger partial charge < -0.3 is 9.80 Å². The van der Waals surface area contributed by atoms with E-state index in [2.05, 4.69) is 14.2 Å². The van der Waals surface area contributed by atoms with Crippen molar-refractivity contribution in [1.82, 2.24) is 9.80 Å². The molecule has 0 spiro atoms. The van der Waals surface area contributed by atoms with Crippen molar-refractivity contribution in [3.05, 3.63) is 29.8 Å². The summed E-state index contributed by atoms with van der Waals surface area (Å²) in [6.07, 6.45) is 6.37. The number of carbonyl (C=O) groups excluding carboxylic acids is 1. The molecule has 2 unspecified atom stereocenters. The quantitative estimate of drug-likeness (QED) is 0.763. The van der Waals surface area contributed by atoms with Crippen LogP contribution in [0.25, 0.3) is 0 Å². The molecule has 1 saturated carbocycles. The van der Waals surface area contributed by atoms with Crippen LogP contribution >= 0.6 is 0 Å². The highest BCUT2D eigenvalue weighted by molar-refractivity contribution is 7.90. The first kappa shape index (κ1) is 18.2. The van der Waals surface area contributed by atoms with Gasteiger partial charge in [0, 0.05) is 38.2 Å². The molecule has 1 amide bonds. The van der Waals surface area contributed by atoms with E-state index < -0.39 is 10.0 Å². The molecular weight excluding hydrogens is 374 g/mol. The molecule has 2 saturated heterocycles. The zero-order valence-corrected chi connectivity index (χ0v) is 16.9. The molecule has 0 N–H and O–H groups in total. The van der Waals surface area contributed by atoms with E-state index in [0.29, 0.717) is 34.5 Å². The summed E-state index contributed by atoms with van der Waals surface area (Å²) in [7, 11) is -3.57.